The van der Waals surface area contributed by atoms with E-state index in [4.69, 9.17) is 5.73 Å². The third-order valence-corrected chi connectivity index (χ3v) is 4.51. The normalized spacial score (nSPS) is 21.9. The molecule has 0 heterocycles. The fourth-order valence-corrected chi connectivity index (χ4v) is 3.24. The van der Waals surface area contributed by atoms with E-state index in [2.05, 4.69) is 17.1 Å². The Morgan fingerprint density at radius 1 is 1.33 bits per heavy atom. The molecule has 3 N–H and O–H groups in total. The molecule has 0 aromatic heterocycles. The highest BCUT2D eigenvalue weighted by molar-refractivity contribution is 5.93. The molecule has 2 unspecified atom stereocenters. The quantitative estimate of drug-likeness (QED) is 0.896. The molecule has 21 heavy (non-hydrogen) atoms. The Morgan fingerprint density at radius 3 is 2.71 bits per heavy atom. The third kappa shape index (κ3) is 3.76. The van der Waals surface area contributed by atoms with Gasteiger partial charge in [0.2, 0.25) is 5.91 Å². The summed E-state index contributed by atoms with van der Waals surface area (Å²) in [6.07, 6.45) is 4.36. The maximum Gasteiger partial charge on any atom is 0.227 e. The number of nitrogens with one attached hydrogen (secondary N) is 1. The molecule has 0 bridgehead atoms. The van der Waals surface area contributed by atoms with Crippen LogP contribution in [0.15, 0.2) is 18.2 Å². The largest absolute Gasteiger partial charge is 0.377 e. The van der Waals surface area contributed by atoms with Gasteiger partial charge in [0.05, 0.1) is 0 Å². The lowest BCUT2D eigenvalue weighted by molar-refractivity contribution is -0.122. The average molecular weight is 289 g/mol. The maximum atomic E-state index is 12.5. The molecule has 2 atom stereocenters. The first-order valence-corrected chi connectivity index (χ1v) is 7.82. The molecule has 0 spiro atoms. The van der Waals surface area contributed by atoms with Crippen molar-refractivity contribution in [3.8, 4) is 0 Å². The Balaban J connectivity index is 2.10. The van der Waals surface area contributed by atoms with E-state index in [1.165, 1.54) is 12.0 Å². The highest BCUT2D eigenvalue weighted by Gasteiger charge is 2.29. The number of nitrogens with zero attached hydrogens (tertiary/aromatic N) is 1. The minimum absolute atomic E-state index is 0.0628. The van der Waals surface area contributed by atoms with Crippen molar-refractivity contribution in [1.29, 1.82) is 0 Å². The average Bonchev–Trinajstić information content (AvgIpc) is 2.48. The molecule has 4 heteroatoms. The summed E-state index contributed by atoms with van der Waals surface area (Å²) in [6.45, 7) is 2.68. The SMILES string of the molecule is Cc1ccc(NC(=O)C2CCCCC2CN)cc1N(C)C. The molecule has 2 rings (SSSR count). The number of hydrogen-bond acceptors (Lipinski definition) is 3. The second-order valence-electron chi connectivity index (χ2n) is 6.27. The van der Waals surface area contributed by atoms with Crippen molar-refractivity contribution in [1.82, 2.24) is 0 Å². The minimum Gasteiger partial charge on any atom is -0.377 e. The number of anilines is 2. The number of hydrogen-bond donors (Lipinski definition) is 2. The summed E-state index contributed by atoms with van der Waals surface area (Å²) in [5.74, 6) is 0.518. The van der Waals surface area contributed by atoms with Gasteiger partial charge in [-0.1, -0.05) is 18.9 Å². The fraction of sp³-hybridized carbons (Fsp3) is 0.588. The molecule has 0 aliphatic heterocycles. The summed E-state index contributed by atoms with van der Waals surface area (Å²) in [5.41, 5.74) is 9.03. The monoisotopic (exact) mass is 289 g/mol. The molecular formula is C17H27N3O. The van der Waals surface area contributed by atoms with E-state index in [1.54, 1.807) is 0 Å². The number of carbonyl (C=O) groups excluding carboxylic acids is 1. The Hall–Kier alpha value is -1.55. The van der Waals surface area contributed by atoms with Gasteiger partial charge in [0.15, 0.2) is 0 Å². The van der Waals surface area contributed by atoms with Crippen LogP contribution in [0.25, 0.3) is 0 Å². The zero-order valence-electron chi connectivity index (χ0n) is 13.4. The molecule has 0 saturated heterocycles. The highest BCUT2D eigenvalue weighted by atomic mass is 16.1. The van der Waals surface area contributed by atoms with Gasteiger partial charge in [-0.05, 0) is 49.9 Å². The maximum absolute atomic E-state index is 12.5. The van der Waals surface area contributed by atoms with Crippen molar-refractivity contribution >= 4 is 17.3 Å². The van der Waals surface area contributed by atoms with Crippen molar-refractivity contribution in [2.45, 2.75) is 32.6 Å². The molecule has 1 aromatic carbocycles. The predicted octanol–water partition coefficient (Wildman–Crippen LogP) is 2.76. The summed E-state index contributed by atoms with van der Waals surface area (Å²) in [4.78, 5) is 14.6. The topological polar surface area (TPSA) is 58.4 Å². The molecule has 0 radical (unpaired) electrons. The summed E-state index contributed by atoms with van der Waals surface area (Å²) in [7, 11) is 4.03. The van der Waals surface area contributed by atoms with Crippen molar-refractivity contribution in [3.05, 3.63) is 23.8 Å². The molecule has 1 aliphatic rings. The lowest BCUT2D eigenvalue weighted by atomic mass is 9.78. The van der Waals surface area contributed by atoms with E-state index in [0.717, 1.165) is 30.6 Å². The van der Waals surface area contributed by atoms with E-state index in [-0.39, 0.29) is 11.8 Å². The second-order valence-corrected chi connectivity index (χ2v) is 6.27. The third-order valence-electron chi connectivity index (χ3n) is 4.51. The van der Waals surface area contributed by atoms with Crippen LogP contribution in [0.2, 0.25) is 0 Å². The number of benzene rings is 1. The first-order chi connectivity index (χ1) is 10.0. The smallest absolute Gasteiger partial charge is 0.227 e. The summed E-state index contributed by atoms with van der Waals surface area (Å²) in [5, 5.41) is 3.08. The van der Waals surface area contributed by atoms with Gasteiger partial charge in [-0.2, -0.15) is 0 Å². The molecule has 4 nitrogen and oxygen atoms in total. The van der Waals surface area contributed by atoms with Gasteiger partial charge in [0, 0.05) is 31.4 Å². The summed E-state index contributed by atoms with van der Waals surface area (Å²) < 4.78 is 0. The van der Waals surface area contributed by atoms with Crippen LogP contribution in [0.1, 0.15) is 31.2 Å². The second kappa shape index (κ2) is 6.94. The number of rotatable bonds is 4. The van der Waals surface area contributed by atoms with Crippen LogP contribution in [0, 0.1) is 18.8 Å². The van der Waals surface area contributed by atoms with E-state index < -0.39 is 0 Å². The lowest BCUT2D eigenvalue weighted by Gasteiger charge is -2.29. The van der Waals surface area contributed by atoms with Gasteiger partial charge >= 0.3 is 0 Å². The first-order valence-electron chi connectivity index (χ1n) is 7.82. The zero-order valence-corrected chi connectivity index (χ0v) is 13.4. The van der Waals surface area contributed by atoms with Crippen LogP contribution in [0.3, 0.4) is 0 Å². The lowest BCUT2D eigenvalue weighted by Crippen LogP contribution is -2.35. The van der Waals surface area contributed by atoms with Gasteiger partial charge < -0.3 is 16.0 Å². The van der Waals surface area contributed by atoms with Crippen molar-refractivity contribution in [2.75, 3.05) is 30.9 Å². The fourth-order valence-electron chi connectivity index (χ4n) is 3.24. The Labute approximate surface area is 127 Å². The van der Waals surface area contributed by atoms with Crippen LogP contribution in [-0.4, -0.2) is 26.5 Å². The Morgan fingerprint density at radius 2 is 2.05 bits per heavy atom. The van der Waals surface area contributed by atoms with Crippen LogP contribution < -0.4 is 16.0 Å². The number of amides is 1. The number of carbonyl (C=O) groups is 1. The van der Waals surface area contributed by atoms with E-state index in [1.807, 2.05) is 32.3 Å². The number of aryl methyl sites for hydroxylation is 1. The highest BCUT2D eigenvalue weighted by Crippen LogP contribution is 2.31. The van der Waals surface area contributed by atoms with Crippen LogP contribution in [0.4, 0.5) is 11.4 Å². The van der Waals surface area contributed by atoms with Gasteiger partial charge in [0.1, 0.15) is 0 Å². The van der Waals surface area contributed by atoms with Gasteiger partial charge in [-0.25, -0.2) is 0 Å². The molecule has 1 amide bonds. The summed E-state index contributed by atoms with van der Waals surface area (Å²) in [6, 6.07) is 6.06. The molecule has 116 valence electrons. The van der Waals surface area contributed by atoms with Crippen LogP contribution in [0.5, 0.6) is 0 Å². The van der Waals surface area contributed by atoms with E-state index in [9.17, 15) is 4.79 Å². The standard InChI is InChI=1S/C17H27N3O/c1-12-8-9-14(10-16(12)20(2)3)19-17(21)15-7-5-4-6-13(15)11-18/h8-10,13,15H,4-7,11,18H2,1-3H3,(H,19,21). The van der Waals surface area contributed by atoms with Gasteiger partial charge in [-0.3, -0.25) is 4.79 Å². The molecule has 1 aromatic rings. The van der Waals surface area contributed by atoms with Crippen molar-refractivity contribution in [2.24, 2.45) is 17.6 Å². The van der Waals surface area contributed by atoms with E-state index in [0.29, 0.717) is 12.5 Å². The number of nitrogens with two attached hydrogens (primary N) is 1. The predicted molar refractivity (Wildman–Crippen MR) is 88.6 cm³/mol. The van der Waals surface area contributed by atoms with Crippen molar-refractivity contribution in [3.63, 3.8) is 0 Å². The Kier molecular flexibility index (Phi) is 5.23. The summed E-state index contributed by atoms with van der Waals surface area (Å²) >= 11 is 0. The van der Waals surface area contributed by atoms with Gasteiger partial charge in [0.25, 0.3) is 0 Å². The van der Waals surface area contributed by atoms with Crippen molar-refractivity contribution < 1.29 is 4.79 Å². The zero-order chi connectivity index (χ0) is 15.4. The molecule has 1 fully saturated rings. The minimum atomic E-state index is 0.0628. The molecular weight excluding hydrogens is 262 g/mol. The molecule has 1 aliphatic carbocycles. The Bertz CT molecular complexity index is 499. The molecule has 1 saturated carbocycles. The van der Waals surface area contributed by atoms with Crippen LogP contribution in [-0.2, 0) is 4.79 Å². The van der Waals surface area contributed by atoms with Gasteiger partial charge in [-0.15, -0.1) is 0 Å². The van der Waals surface area contributed by atoms with E-state index >= 15 is 0 Å². The first kappa shape index (κ1) is 15.8. The van der Waals surface area contributed by atoms with Crippen LogP contribution >= 0.6 is 0 Å².